The quantitative estimate of drug-likeness (QED) is 0.833. The maximum atomic E-state index is 11.7. The van der Waals surface area contributed by atoms with E-state index in [2.05, 4.69) is 17.6 Å². The van der Waals surface area contributed by atoms with Crippen LogP contribution in [0, 0.1) is 5.92 Å². The second-order valence-corrected chi connectivity index (χ2v) is 7.82. The number of amides is 1. The minimum absolute atomic E-state index is 0.280. The Bertz CT molecular complexity index is 345. The van der Waals surface area contributed by atoms with Gasteiger partial charge in [-0.1, -0.05) is 26.2 Å². The molecule has 2 unspecified atom stereocenters. The predicted octanol–water partition coefficient (Wildman–Crippen LogP) is 3.60. The van der Waals surface area contributed by atoms with Crippen molar-refractivity contribution in [3.05, 3.63) is 0 Å². The van der Waals surface area contributed by atoms with Crippen LogP contribution in [0.2, 0.25) is 0 Å². The summed E-state index contributed by atoms with van der Waals surface area (Å²) in [6.45, 7) is 7.98. The number of hydrogen-bond donors (Lipinski definition) is 2. The molecule has 2 atom stereocenters. The second-order valence-electron chi connectivity index (χ2n) is 7.82. The molecule has 2 N–H and O–H groups in total. The lowest BCUT2D eigenvalue weighted by atomic mass is 9.81. The summed E-state index contributed by atoms with van der Waals surface area (Å²) in [5, 5.41) is 6.74. The Kier molecular flexibility index (Phi) is 5.53. The summed E-state index contributed by atoms with van der Waals surface area (Å²) >= 11 is 0. The summed E-state index contributed by atoms with van der Waals surface area (Å²) in [5.74, 6) is 0.909. The lowest BCUT2D eigenvalue weighted by molar-refractivity contribution is 0.0460. The predicted molar refractivity (Wildman–Crippen MR) is 85.4 cm³/mol. The van der Waals surface area contributed by atoms with Crippen LogP contribution in [0.25, 0.3) is 0 Å². The highest BCUT2D eigenvalue weighted by atomic mass is 16.6. The van der Waals surface area contributed by atoms with Crippen LogP contribution < -0.4 is 10.6 Å². The Morgan fingerprint density at radius 2 is 1.81 bits per heavy atom. The van der Waals surface area contributed by atoms with Gasteiger partial charge in [-0.15, -0.1) is 0 Å². The minimum atomic E-state index is -0.414. The molecule has 122 valence electrons. The summed E-state index contributed by atoms with van der Waals surface area (Å²) in [6.07, 6.45) is 8.51. The summed E-state index contributed by atoms with van der Waals surface area (Å²) in [5.41, 5.74) is -0.414. The summed E-state index contributed by atoms with van der Waals surface area (Å²) < 4.78 is 5.29. The van der Waals surface area contributed by atoms with Crippen LogP contribution >= 0.6 is 0 Å². The molecule has 2 aliphatic carbocycles. The first-order valence-corrected chi connectivity index (χ1v) is 8.61. The fourth-order valence-corrected chi connectivity index (χ4v) is 3.49. The van der Waals surface area contributed by atoms with Gasteiger partial charge in [0.05, 0.1) is 0 Å². The number of alkyl carbamates (subject to hydrolysis) is 1. The Balaban J connectivity index is 1.62. The third-order valence-corrected chi connectivity index (χ3v) is 4.69. The summed E-state index contributed by atoms with van der Waals surface area (Å²) in [7, 11) is 0. The zero-order chi connectivity index (χ0) is 15.5. The van der Waals surface area contributed by atoms with E-state index in [-0.39, 0.29) is 12.1 Å². The monoisotopic (exact) mass is 296 g/mol. The molecule has 2 rings (SSSR count). The number of carbonyl (C=O) groups excluding carboxylic acids is 1. The van der Waals surface area contributed by atoms with Crippen molar-refractivity contribution in [2.45, 2.75) is 96.4 Å². The van der Waals surface area contributed by atoms with Crippen molar-refractivity contribution in [2.75, 3.05) is 0 Å². The highest BCUT2D eigenvalue weighted by Gasteiger charge is 2.33. The van der Waals surface area contributed by atoms with E-state index in [1.807, 2.05) is 20.8 Å². The molecule has 0 spiro atoms. The average Bonchev–Trinajstić information content (AvgIpc) is 2.34. The fourth-order valence-electron chi connectivity index (χ4n) is 3.49. The maximum Gasteiger partial charge on any atom is 0.407 e. The smallest absolute Gasteiger partial charge is 0.407 e. The normalized spacial score (nSPS) is 33.1. The van der Waals surface area contributed by atoms with Crippen LogP contribution in [-0.2, 0) is 4.74 Å². The van der Waals surface area contributed by atoms with Crippen molar-refractivity contribution in [3.8, 4) is 0 Å². The van der Waals surface area contributed by atoms with Crippen LogP contribution in [0.1, 0.15) is 72.6 Å². The summed E-state index contributed by atoms with van der Waals surface area (Å²) in [6, 6.07) is 1.55. The van der Waals surface area contributed by atoms with Gasteiger partial charge < -0.3 is 15.4 Å². The molecule has 2 saturated carbocycles. The van der Waals surface area contributed by atoms with Gasteiger partial charge in [0, 0.05) is 18.1 Å². The molecule has 1 amide bonds. The number of nitrogens with one attached hydrogen (secondary N) is 2. The van der Waals surface area contributed by atoms with Gasteiger partial charge in [-0.05, 0) is 52.4 Å². The largest absolute Gasteiger partial charge is 0.444 e. The van der Waals surface area contributed by atoms with Gasteiger partial charge in [0.25, 0.3) is 0 Å². The molecule has 0 aliphatic heterocycles. The van der Waals surface area contributed by atoms with Crippen LogP contribution in [0.4, 0.5) is 4.79 Å². The van der Waals surface area contributed by atoms with E-state index < -0.39 is 5.60 Å². The third-order valence-electron chi connectivity index (χ3n) is 4.69. The Morgan fingerprint density at radius 1 is 1.10 bits per heavy atom. The van der Waals surface area contributed by atoms with Gasteiger partial charge in [0.2, 0.25) is 0 Å². The molecule has 2 fully saturated rings. The molecule has 0 saturated heterocycles. The molecule has 4 nitrogen and oxygen atoms in total. The van der Waals surface area contributed by atoms with Gasteiger partial charge in [0.1, 0.15) is 5.60 Å². The second kappa shape index (κ2) is 6.99. The van der Waals surface area contributed by atoms with Crippen LogP contribution in [0.5, 0.6) is 0 Å². The fraction of sp³-hybridized carbons (Fsp3) is 0.941. The van der Waals surface area contributed by atoms with E-state index in [0.29, 0.717) is 12.1 Å². The van der Waals surface area contributed by atoms with E-state index in [0.717, 1.165) is 18.8 Å². The van der Waals surface area contributed by atoms with Crippen LogP contribution in [0.3, 0.4) is 0 Å². The first-order chi connectivity index (χ1) is 9.85. The Morgan fingerprint density at radius 3 is 2.43 bits per heavy atom. The number of hydrogen-bond acceptors (Lipinski definition) is 3. The number of ether oxygens (including phenoxy) is 1. The lowest BCUT2D eigenvalue weighted by Gasteiger charge is -2.40. The van der Waals surface area contributed by atoms with Gasteiger partial charge in [-0.2, -0.15) is 0 Å². The average molecular weight is 296 g/mol. The zero-order valence-electron chi connectivity index (χ0n) is 14.1. The molecule has 4 heteroatoms. The highest BCUT2D eigenvalue weighted by Crippen LogP contribution is 2.29. The van der Waals surface area contributed by atoms with Crippen molar-refractivity contribution in [1.29, 1.82) is 0 Å². The Labute approximate surface area is 129 Å². The van der Waals surface area contributed by atoms with Gasteiger partial charge in [-0.3, -0.25) is 0 Å². The van der Waals surface area contributed by atoms with E-state index in [1.165, 1.54) is 32.1 Å². The van der Waals surface area contributed by atoms with E-state index in [1.54, 1.807) is 0 Å². The topological polar surface area (TPSA) is 50.4 Å². The van der Waals surface area contributed by atoms with Crippen molar-refractivity contribution >= 4 is 6.09 Å². The molecule has 0 aromatic rings. The van der Waals surface area contributed by atoms with Gasteiger partial charge >= 0.3 is 6.09 Å². The first-order valence-electron chi connectivity index (χ1n) is 8.61. The third kappa shape index (κ3) is 5.50. The lowest BCUT2D eigenvalue weighted by Crippen LogP contribution is -2.55. The molecular formula is C17H32N2O2. The van der Waals surface area contributed by atoms with Gasteiger partial charge in [0.15, 0.2) is 0 Å². The van der Waals surface area contributed by atoms with Gasteiger partial charge in [-0.25, -0.2) is 4.79 Å². The van der Waals surface area contributed by atoms with Crippen molar-refractivity contribution < 1.29 is 9.53 Å². The van der Waals surface area contributed by atoms with Crippen molar-refractivity contribution in [1.82, 2.24) is 10.6 Å². The number of rotatable bonds is 4. The molecular weight excluding hydrogens is 264 g/mol. The van der Waals surface area contributed by atoms with E-state index in [4.69, 9.17) is 4.74 Å². The number of carbonyl (C=O) groups is 1. The Hall–Kier alpha value is -0.770. The van der Waals surface area contributed by atoms with E-state index >= 15 is 0 Å². The van der Waals surface area contributed by atoms with Crippen LogP contribution in [0.15, 0.2) is 0 Å². The molecule has 0 heterocycles. The van der Waals surface area contributed by atoms with Crippen molar-refractivity contribution in [3.63, 3.8) is 0 Å². The molecule has 0 aromatic carbocycles. The van der Waals surface area contributed by atoms with Crippen molar-refractivity contribution in [2.24, 2.45) is 5.92 Å². The SMILES string of the molecule is CCC1CCCC(NC2CC(NC(=O)OC(C)(C)C)C2)C1. The standard InChI is InChI=1S/C17H32N2O2/c1-5-12-7-6-8-13(9-12)18-14-10-15(11-14)19-16(20)21-17(2,3)4/h12-15,18H,5-11H2,1-4H3,(H,19,20). The van der Waals surface area contributed by atoms with E-state index in [9.17, 15) is 4.79 Å². The molecule has 0 bridgehead atoms. The minimum Gasteiger partial charge on any atom is -0.444 e. The molecule has 0 aromatic heterocycles. The summed E-state index contributed by atoms with van der Waals surface area (Å²) in [4.78, 5) is 11.7. The zero-order valence-corrected chi connectivity index (χ0v) is 14.1. The highest BCUT2D eigenvalue weighted by molar-refractivity contribution is 5.68. The molecule has 21 heavy (non-hydrogen) atoms. The maximum absolute atomic E-state index is 11.7. The molecule has 2 aliphatic rings. The first kappa shape index (κ1) is 16.6. The van der Waals surface area contributed by atoms with Crippen LogP contribution in [-0.4, -0.2) is 29.8 Å². The molecule has 0 radical (unpaired) electrons.